The van der Waals surface area contributed by atoms with Gasteiger partial charge >= 0.3 is 0 Å². The molecule has 0 heterocycles. The molecule has 1 rings (SSSR count). The van der Waals surface area contributed by atoms with Gasteiger partial charge in [-0.3, -0.25) is 0 Å². The second kappa shape index (κ2) is 3.57. The van der Waals surface area contributed by atoms with E-state index in [0.717, 1.165) is 19.3 Å². The van der Waals surface area contributed by atoms with Crippen LogP contribution in [0.4, 0.5) is 0 Å². The summed E-state index contributed by atoms with van der Waals surface area (Å²) < 4.78 is 0. The summed E-state index contributed by atoms with van der Waals surface area (Å²) >= 11 is 0. The van der Waals surface area contributed by atoms with Crippen LogP contribution < -0.4 is 11.5 Å². The molecule has 0 amide bonds. The Morgan fingerprint density at radius 2 is 2.18 bits per heavy atom. The Bertz CT molecular complexity index is 154. The van der Waals surface area contributed by atoms with E-state index < -0.39 is 0 Å². The average molecular weight is 157 g/mol. The first-order valence-electron chi connectivity index (χ1n) is 3.93. The lowest BCUT2D eigenvalue weighted by atomic mass is 10.1. The largest absolute Gasteiger partial charge is 0.396 e. The summed E-state index contributed by atoms with van der Waals surface area (Å²) in [6.45, 7) is 0.196. The smallest absolute Gasteiger partial charge is 0.186 e. The number of hydrogen-bond acceptors (Lipinski definition) is 2. The van der Waals surface area contributed by atoms with Crippen molar-refractivity contribution in [2.45, 2.75) is 25.3 Å². The molecule has 1 fully saturated rings. The van der Waals surface area contributed by atoms with Gasteiger partial charge < -0.3 is 16.6 Å². The molecule has 0 saturated heterocycles. The first-order valence-corrected chi connectivity index (χ1v) is 3.93. The molecule has 2 atom stereocenters. The molecule has 4 heteroatoms. The number of nitrogens with two attached hydrogens (primary N) is 2. The Morgan fingerprint density at radius 3 is 2.73 bits per heavy atom. The third-order valence-corrected chi connectivity index (χ3v) is 2.17. The van der Waals surface area contributed by atoms with Crippen LogP contribution in [0, 0.1) is 5.92 Å². The molecule has 0 aromatic rings. The number of aliphatic hydroxyl groups is 1. The zero-order valence-electron chi connectivity index (χ0n) is 6.53. The van der Waals surface area contributed by atoms with E-state index in [1.54, 1.807) is 0 Å². The highest BCUT2D eigenvalue weighted by molar-refractivity contribution is 5.75. The molecule has 4 nitrogen and oxygen atoms in total. The highest BCUT2D eigenvalue weighted by Gasteiger charge is 2.25. The SMILES string of the molecule is NC(N)=NC1CCCC1CO. The van der Waals surface area contributed by atoms with Crippen LogP contribution in [0.15, 0.2) is 4.99 Å². The molecule has 0 radical (unpaired) electrons. The Labute approximate surface area is 66.3 Å². The Kier molecular flexibility index (Phi) is 2.70. The molecule has 5 N–H and O–H groups in total. The third kappa shape index (κ3) is 2.08. The van der Waals surface area contributed by atoms with Gasteiger partial charge in [-0.25, -0.2) is 4.99 Å². The molecule has 0 aliphatic heterocycles. The van der Waals surface area contributed by atoms with E-state index in [-0.39, 0.29) is 24.5 Å². The molecule has 64 valence electrons. The van der Waals surface area contributed by atoms with Gasteiger partial charge in [-0.1, -0.05) is 6.42 Å². The predicted molar refractivity (Wildman–Crippen MR) is 44.0 cm³/mol. The number of guanidine groups is 1. The summed E-state index contributed by atoms with van der Waals surface area (Å²) in [5, 5.41) is 8.90. The summed E-state index contributed by atoms with van der Waals surface area (Å²) in [6.07, 6.45) is 3.16. The number of rotatable bonds is 2. The van der Waals surface area contributed by atoms with Gasteiger partial charge in [0, 0.05) is 12.5 Å². The van der Waals surface area contributed by atoms with Crippen molar-refractivity contribution in [1.82, 2.24) is 0 Å². The van der Waals surface area contributed by atoms with Gasteiger partial charge in [0.15, 0.2) is 5.96 Å². The molecule has 11 heavy (non-hydrogen) atoms. The van der Waals surface area contributed by atoms with Crippen LogP contribution in [-0.4, -0.2) is 23.7 Å². The summed E-state index contributed by atoms with van der Waals surface area (Å²) in [5.41, 5.74) is 10.5. The zero-order chi connectivity index (χ0) is 8.27. The number of aliphatic imine (C=N–C) groups is 1. The van der Waals surface area contributed by atoms with Gasteiger partial charge in [0.1, 0.15) is 0 Å². The molecule has 1 aliphatic carbocycles. The molecule has 0 spiro atoms. The van der Waals surface area contributed by atoms with E-state index in [1.807, 2.05) is 0 Å². The summed E-state index contributed by atoms with van der Waals surface area (Å²) in [4.78, 5) is 4.04. The van der Waals surface area contributed by atoms with Gasteiger partial charge in [0.2, 0.25) is 0 Å². The van der Waals surface area contributed by atoms with Gasteiger partial charge in [0.05, 0.1) is 6.04 Å². The lowest BCUT2D eigenvalue weighted by Crippen LogP contribution is -2.27. The third-order valence-electron chi connectivity index (χ3n) is 2.17. The van der Waals surface area contributed by atoms with Crippen molar-refractivity contribution in [3.63, 3.8) is 0 Å². The van der Waals surface area contributed by atoms with Crippen LogP contribution in [0.2, 0.25) is 0 Å². The highest BCUT2D eigenvalue weighted by atomic mass is 16.3. The lowest BCUT2D eigenvalue weighted by molar-refractivity contribution is 0.218. The van der Waals surface area contributed by atoms with Gasteiger partial charge in [-0.05, 0) is 12.8 Å². The predicted octanol–water partition coefficient (Wildman–Crippen LogP) is -0.579. The minimum absolute atomic E-state index is 0.135. The summed E-state index contributed by atoms with van der Waals surface area (Å²) in [5.74, 6) is 0.410. The second-order valence-electron chi connectivity index (χ2n) is 2.99. The minimum Gasteiger partial charge on any atom is -0.396 e. The zero-order valence-corrected chi connectivity index (χ0v) is 6.53. The van der Waals surface area contributed by atoms with Crippen LogP contribution in [0.1, 0.15) is 19.3 Å². The average Bonchev–Trinajstić information content (AvgIpc) is 2.34. The van der Waals surface area contributed by atoms with E-state index in [9.17, 15) is 0 Å². The monoisotopic (exact) mass is 157 g/mol. The van der Waals surface area contributed by atoms with E-state index in [4.69, 9.17) is 16.6 Å². The van der Waals surface area contributed by atoms with Gasteiger partial charge in [-0.2, -0.15) is 0 Å². The van der Waals surface area contributed by atoms with Crippen molar-refractivity contribution < 1.29 is 5.11 Å². The summed E-state index contributed by atoms with van der Waals surface area (Å²) in [6, 6.07) is 0.157. The maximum atomic E-state index is 8.90. The first-order chi connectivity index (χ1) is 5.24. The maximum Gasteiger partial charge on any atom is 0.186 e. The van der Waals surface area contributed by atoms with Crippen molar-refractivity contribution in [2.75, 3.05) is 6.61 Å². The molecule has 2 unspecified atom stereocenters. The van der Waals surface area contributed by atoms with Crippen LogP contribution in [-0.2, 0) is 0 Å². The van der Waals surface area contributed by atoms with Gasteiger partial charge in [-0.15, -0.1) is 0 Å². The molecule has 0 aromatic carbocycles. The van der Waals surface area contributed by atoms with Crippen molar-refractivity contribution in [1.29, 1.82) is 0 Å². The standard InChI is InChI=1S/C7H15N3O/c8-7(9)10-6-3-1-2-5(6)4-11/h5-6,11H,1-4H2,(H4,8,9,10). The first kappa shape index (κ1) is 8.33. The highest BCUT2D eigenvalue weighted by Crippen LogP contribution is 2.27. The van der Waals surface area contributed by atoms with Crippen molar-refractivity contribution in [2.24, 2.45) is 22.4 Å². The van der Waals surface area contributed by atoms with E-state index in [1.165, 1.54) is 0 Å². The number of aliphatic hydroxyl groups excluding tert-OH is 1. The molecular formula is C7H15N3O. The molecular weight excluding hydrogens is 142 g/mol. The molecule has 1 aliphatic rings. The van der Waals surface area contributed by atoms with Crippen LogP contribution >= 0.6 is 0 Å². The normalized spacial score (nSPS) is 30.3. The Balaban J connectivity index is 2.50. The van der Waals surface area contributed by atoms with Crippen molar-refractivity contribution >= 4 is 5.96 Å². The minimum atomic E-state index is 0.135. The van der Waals surface area contributed by atoms with Crippen LogP contribution in [0.25, 0.3) is 0 Å². The Hall–Kier alpha value is -0.770. The van der Waals surface area contributed by atoms with E-state index in [0.29, 0.717) is 0 Å². The van der Waals surface area contributed by atoms with Crippen molar-refractivity contribution in [3.05, 3.63) is 0 Å². The van der Waals surface area contributed by atoms with Gasteiger partial charge in [0.25, 0.3) is 0 Å². The fourth-order valence-electron chi connectivity index (χ4n) is 1.59. The van der Waals surface area contributed by atoms with E-state index in [2.05, 4.69) is 4.99 Å². The Morgan fingerprint density at radius 1 is 1.45 bits per heavy atom. The molecule has 1 saturated carbocycles. The quantitative estimate of drug-likeness (QED) is 0.370. The van der Waals surface area contributed by atoms with E-state index >= 15 is 0 Å². The fraction of sp³-hybridized carbons (Fsp3) is 0.857. The fourth-order valence-corrected chi connectivity index (χ4v) is 1.59. The molecule has 0 aromatic heterocycles. The van der Waals surface area contributed by atoms with Crippen LogP contribution in [0.5, 0.6) is 0 Å². The topological polar surface area (TPSA) is 84.6 Å². The van der Waals surface area contributed by atoms with Crippen LogP contribution in [0.3, 0.4) is 0 Å². The second-order valence-corrected chi connectivity index (χ2v) is 2.99. The number of nitrogens with zero attached hydrogens (tertiary/aromatic N) is 1. The molecule has 0 bridgehead atoms. The number of hydrogen-bond donors (Lipinski definition) is 3. The lowest BCUT2D eigenvalue weighted by Gasteiger charge is -2.11. The van der Waals surface area contributed by atoms with Crippen molar-refractivity contribution in [3.8, 4) is 0 Å². The maximum absolute atomic E-state index is 8.90. The summed E-state index contributed by atoms with van der Waals surface area (Å²) in [7, 11) is 0.